The molecule has 54 valence electrons. The lowest BCUT2D eigenvalue weighted by Crippen LogP contribution is -2.02. The van der Waals surface area contributed by atoms with Crippen molar-refractivity contribution in [3.05, 3.63) is 37.0 Å². The van der Waals surface area contributed by atoms with Gasteiger partial charge in [0.25, 0.3) is 0 Å². The van der Waals surface area contributed by atoms with Gasteiger partial charge in [0.05, 0.1) is 6.54 Å². The van der Waals surface area contributed by atoms with E-state index in [1.807, 2.05) is 24.3 Å². The van der Waals surface area contributed by atoms with Crippen LogP contribution in [0.5, 0.6) is 0 Å². The third-order valence-electron chi connectivity index (χ3n) is 0.815. The van der Waals surface area contributed by atoms with E-state index >= 15 is 0 Å². The van der Waals surface area contributed by atoms with Crippen LogP contribution in [0.25, 0.3) is 0 Å². The molecule has 0 heterocycles. The van der Waals surface area contributed by atoms with Crippen molar-refractivity contribution in [2.45, 2.75) is 0 Å². The van der Waals surface area contributed by atoms with Crippen molar-refractivity contribution in [3.63, 3.8) is 0 Å². The number of nitrogens with zero attached hydrogens (tertiary/aromatic N) is 1. The molecule has 0 fully saturated rings. The van der Waals surface area contributed by atoms with E-state index in [0.29, 0.717) is 6.54 Å². The SMILES string of the molecule is C=C/C=C\C=C/CNN=C. The minimum Gasteiger partial charge on any atom is -0.307 e. The summed E-state index contributed by atoms with van der Waals surface area (Å²) in [6.07, 6.45) is 9.34. The van der Waals surface area contributed by atoms with E-state index in [2.05, 4.69) is 23.8 Å². The third-order valence-corrected chi connectivity index (χ3v) is 0.815. The average molecular weight is 136 g/mol. The summed E-state index contributed by atoms with van der Waals surface area (Å²) in [4.78, 5) is 0. The first-order valence-corrected chi connectivity index (χ1v) is 3.04. The highest BCUT2D eigenvalue weighted by atomic mass is 15.3. The molecule has 1 N–H and O–H groups in total. The molecule has 0 radical (unpaired) electrons. The highest BCUT2D eigenvalue weighted by Gasteiger charge is 1.66. The van der Waals surface area contributed by atoms with Gasteiger partial charge in [-0.1, -0.05) is 37.0 Å². The number of hydrogen-bond acceptors (Lipinski definition) is 2. The number of rotatable bonds is 5. The van der Waals surface area contributed by atoms with Gasteiger partial charge in [-0.25, -0.2) is 0 Å². The molecule has 0 aliphatic carbocycles. The Morgan fingerprint density at radius 1 is 1.30 bits per heavy atom. The van der Waals surface area contributed by atoms with Gasteiger partial charge in [-0.2, -0.15) is 5.10 Å². The normalized spacial score (nSPS) is 10.4. The largest absolute Gasteiger partial charge is 0.307 e. The van der Waals surface area contributed by atoms with Crippen molar-refractivity contribution < 1.29 is 0 Å². The fourth-order valence-corrected chi connectivity index (χ4v) is 0.407. The van der Waals surface area contributed by atoms with E-state index in [4.69, 9.17) is 0 Å². The fourth-order valence-electron chi connectivity index (χ4n) is 0.407. The molecule has 10 heavy (non-hydrogen) atoms. The van der Waals surface area contributed by atoms with Crippen molar-refractivity contribution in [2.24, 2.45) is 5.10 Å². The lowest BCUT2D eigenvalue weighted by molar-refractivity contribution is 0.834. The molecule has 0 rings (SSSR count). The zero-order valence-corrected chi connectivity index (χ0v) is 5.96. The van der Waals surface area contributed by atoms with Crippen LogP contribution in [0.4, 0.5) is 0 Å². The summed E-state index contributed by atoms with van der Waals surface area (Å²) in [6.45, 7) is 7.51. The summed E-state index contributed by atoms with van der Waals surface area (Å²) in [5.74, 6) is 0. The Kier molecular flexibility index (Phi) is 6.68. The van der Waals surface area contributed by atoms with Gasteiger partial charge < -0.3 is 5.43 Å². The number of allylic oxidation sites excluding steroid dienone is 4. The van der Waals surface area contributed by atoms with E-state index in [1.54, 1.807) is 6.08 Å². The van der Waals surface area contributed by atoms with Crippen molar-refractivity contribution in [1.29, 1.82) is 0 Å². The molecule has 0 bridgehead atoms. The Labute approximate surface area is 61.6 Å². The van der Waals surface area contributed by atoms with Gasteiger partial charge in [-0.3, -0.25) is 0 Å². The first-order chi connectivity index (χ1) is 4.91. The summed E-state index contributed by atoms with van der Waals surface area (Å²) in [6, 6.07) is 0. The molecule has 2 nitrogen and oxygen atoms in total. The van der Waals surface area contributed by atoms with Gasteiger partial charge in [0, 0.05) is 6.72 Å². The van der Waals surface area contributed by atoms with Crippen molar-refractivity contribution in [2.75, 3.05) is 6.54 Å². The fraction of sp³-hybridized carbons (Fsp3) is 0.125. The highest BCUT2D eigenvalue weighted by molar-refractivity contribution is 5.22. The minimum absolute atomic E-state index is 0.713. The van der Waals surface area contributed by atoms with E-state index in [1.165, 1.54) is 0 Å². The van der Waals surface area contributed by atoms with Crippen LogP contribution in [0, 0.1) is 0 Å². The third kappa shape index (κ3) is 6.69. The smallest absolute Gasteiger partial charge is 0.0513 e. The van der Waals surface area contributed by atoms with Crippen LogP contribution < -0.4 is 5.43 Å². The number of hydrogen-bond donors (Lipinski definition) is 1. The maximum absolute atomic E-state index is 3.53. The first kappa shape index (κ1) is 8.69. The summed E-state index contributed by atoms with van der Waals surface area (Å²) in [5, 5.41) is 3.46. The lowest BCUT2D eigenvalue weighted by Gasteiger charge is -1.87. The maximum atomic E-state index is 3.53. The van der Waals surface area contributed by atoms with Crippen LogP contribution in [0.2, 0.25) is 0 Å². The van der Waals surface area contributed by atoms with Gasteiger partial charge in [0.2, 0.25) is 0 Å². The molecule has 0 spiro atoms. The van der Waals surface area contributed by atoms with Crippen LogP contribution in [-0.2, 0) is 0 Å². The van der Waals surface area contributed by atoms with Crippen LogP contribution in [0.15, 0.2) is 42.1 Å². The average Bonchev–Trinajstić information content (AvgIpc) is 1.97. The number of nitrogens with one attached hydrogen (secondary N) is 1. The summed E-state index contributed by atoms with van der Waals surface area (Å²) in [5.41, 5.74) is 2.69. The Hall–Kier alpha value is -1.31. The molecule has 0 aliphatic rings. The topological polar surface area (TPSA) is 24.4 Å². The minimum atomic E-state index is 0.713. The van der Waals surface area contributed by atoms with Gasteiger partial charge in [0.1, 0.15) is 0 Å². The zero-order valence-electron chi connectivity index (χ0n) is 5.96. The summed E-state index contributed by atoms with van der Waals surface area (Å²) in [7, 11) is 0. The van der Waals surface area contributed by atoms with Crippen molar-refractivity contribution >= 4 is 6.72 Å². The van der Waals surface area contributed by atoms with E-state index in [-0.39, 0.29) is 0 Å². The van der Waals surface area contributed by atoms with Gasteiger partial charge in [0.15, 0.2) is 0 Å². The molecule has 0 amide bonds. The highest BCUT2D eigenvalue weighted by Crippen LogP contribution is 1.76. The molecule has 0 unspecified atom stereocenters. The van der Waals surface area contributed by atoms with E-state index in [0.717, 1.165) is 0 Å². The predicted molar refractivity (Wildman–Crippen MR) is 46.0 cm³/mol. The van der Waals surface area contributed by atoms with Crippen LogP contribution >= 0.6 is 0 Å². The molecular weight excluding hydrogens is 124 g/mol. The molecule has 0 aliphatic heterocycles. The monoisotopic (exact) mass is 136 g/mol. The lowest BCUT2D eigenvalue weighted by atomic mass is 10.4. The van der Waals surface area contributed by atoms with Gasteiger partial charge in [-0.15, -0.1) is 0 Å². The second-order valence-corrected chi connectivity index (χ2v) is 1.57. The van der Waals surface area contributed by atoms with E-state index in [9.17, 15) is 0 Å². The second kappa shape index (κ2) is 7.69. The Balaban J connectivity index is 3.27. The molecule has 0 aromatic heterocycles. The molecular formula is C8H12N2. The van der Waals surface area contributed by atoms with E-state index < -0.39 is 0 Å². The first-order valence-electron chi connectivity index (χ1n) is 3.04. The predicted octanol–water partition coefficient (Wildman–Crippen LogP) is 1.49. The standard InChI is InChI=1S/C8H12N2/c1-3-4-5-6-7-8-10-9-2/h3-7,10H,1-2,8H2/b5-4-,7-6-. The number of hydrazone groups is 1. The van der Waals surface area contributed by atoms with Crippen molar-refractivity contribution in [3.8, 4) is 0 Å². The molecule has 0 aromatic carbocycles. The molecule has 0 saturated carbocycles. The molecule has 2 heteroatoms. The van der Waals surface area contributed by atoms with Crippen LogP contribution in [0.1, 0.15) is 0 Å². The van der Waals surface area contributed by atoms with Crippen molar-refractivity contribution in [1.82, 2.24) is 5.43 Å². The van der Waals surface area contributed by atoms with Crippen LogP contribution in [-0.4, -0.2) is 13.3 Å². The Bertz CT molecular complexity index is 145. The Morgan fingerprint density at radius 2 is 2.10 bits per heavy atom. The maximum Gasteiger partial charge on any atom is 0.0513 e. The Morgan fingerprint density at radius 3 is 2.70 bits per heavy atom. The molecule has 0 saturated heterocycles. The molecule has 0 atom stereocenters. The zero-order chi connectivity index (χ0) is 7.66. The van der Waals surface area contributed by atoms with Gasteiger partial charge >= 0.3 is 0 Å². The summed E-state index contributed by atoms with van der Waals surface area (Å²) < 4.78 is 0. The van der Waals surface area contributed by atoms with Crippen LogP contribution in [0.3, 0.4) is 0 Å². The second-order valence-electron chi connectivity index (χ2n) is 1.57. The molecule has 0 aromatic rings. The quantitative estimate of drug-likeness (QED) is 0.263. The summed E-state index contributed by atoms with van der Waals surface area (Å²) >= 11 is 0. The van der Waals surface area contributed by atoms with Gasteiger partial charge in [-0.05, 0) is 0 Å².